The Labute approximate surface area is 75.9 Å². The summed E-state index contributed by atoms with van der Waals surface area (Å²) in [6.07, 6.45) is 3.92. The van der Waals surface area contributed by atoms with Crippen LogP contribution in [0.4, 0.5) is 0 Å². The maximum Gasteiger partial charge on any atom is 0.0534 e. The van der Waals surface area contributed by atoms with Crippen LogP contribution in [0, 0.1) is 0 Å². The largest absolute Gasteiger partial charge is 0.325 e. The molecule has 12 heavy (non-hydrogen) atoms. The monoisotopic (exact) mass is 168 g/mol. The Balaban J connectivity index is 0. The highest BCUT2D eigenvalue weighted by atomic mass is 14.7. The topological polar surface area (TPSA) is 38.4 Å². The summed E-state index contributed by atoms with van der Waals surface area (Å²) in [6.45, 7) is 11.8. The van der Waals surface area contributed by atoms with Crippen molar-refractivity contribution in [2.75, 3.05) is 6.54 Å². The van der Waals surface area contributed by atoms with E-state index >= 15 is 0 Å². The summed E-state index contributed by atoms with van der Waals surface area (Å²) in [5.74, 6) is 0. The van der Waals surface area contributed by atoms with Gasteiger partial charge < -0.3 is 5.73 Å². The standard InChI is InChI=1S/C8H14N2.C2H6/c1-4-7(2)5-8(6-9)10-3;1-2/h4-5H,3,6,9H2,1-2H3;1-2H3/b7-4-,8-5-;. The molecule has 2 N–H and O–H groups in total. The second-order valence-corrected chi connectivity index (χ2v) is 2.03. The molecule has 0 bridgehead atoms. The minimum absolute atomic E-state index is 0.453. The van der Waals surface area contributed by atoms with E-state index < -0.39 is 0 Å². The van der Waals surface area contributed by atoms with Crippen molar-refractivity contribution < 1.29 is 0 Å². The van der Waals surface area contributed by atoms with E-state index in [9.17, 15) is 0 Å². The number of nitrogens with zero attached hydrogens (tertiary/aromatic N) is 1. The third-order valence-corrected chi connectivity index (χ3v) is 1.26. The summed E-state index contributed by atoms with van der Waals surface area (Å²) < 4.78 is 0. The van der Waals surface area contributed by atoms with Crippen molar-refractivity contribution in [1.82, 2.24) is 0 Å². The van der Waals surface area contributed by atoms with Crippen LogP contribution in [0.1, 0.15) is 27.7 Å². The predicted molar refractivity (Wildman–Crippen MR) is 57.5 cm³/mol. The first kappa shape index (κ1) is 13.7. The minimum atomic E-state index is 0.453. The van der Waals surface area contributed by atoms with E-state index in [4.69, 9.17) is 5.73 Å². The molecule has 0 saturated heterocycles. The van der Waals surface area contributed by atoms with Gasteiger partial charge in [-0.15, -0.1) is 0 Å². The zero-order chi connectivity index (χ0) is 9.98. The van der Waals surface area contributed by atoms with E-state index in [1.54, 1.807) is 0 Å². The van der Waals surface area contributed by atoms with Crippen LogP contribution < -0.4 is 5.73 Å². The highest BCUT2D eigenvalue weighted by molar-refractivity contribution is 5.32. The molecular formula is C10H20N2. The molecule has 0 spiro atoms. The Morgan fingerprint density at radius 2 is 2.00 bits per heavy atom. The van der Waals surface area contributed by atoms with Gasteiger partial charge in [-0.25, -0.2) is 0 Å². The molecule has 0 unspecified atom stereocenters. The van der Waals surface area contributed by atoms with Crippen LogP contribution in [0.15, 0.2) is 28.4 Å². The van der Waals surface area contributed by atoms with Gasteiger partial charge in [0, 0.05) is 6.54 Å². The zero-order valence-electron chi connectivity index (χ0n) is 8.59. The highest BCUT2D eigenvalue weighted by Gasteiger charge is 1.86. The third kappa shape index (κ3) is 7.22. The maximum absolute atomic E-state index is 5.36. The first-order valence-electron chi connectivity index (χ1n) is 4.25. The molecule has 70 valence electrons. The van der Waals surface area contributed by atoms with Crippen LogP contribution in [-0.2, 0) is 0 Å². The molecule has 0 radical (unpaired) electrons. The molecule has 0 heterocycles. The Morgan fingerprint density at radius 1 is 1.50 bits per heavy atom. The summed E-state index contributed by atoms with van der Waals surface area (Å²) in [6, 6.07) is 0. The number of hydrogen-bond acceptors (Lipinski definition) is 2. The third-order valence-electron chi connectivity index (χ3n) is 1.26. The van der Waals surface area contributed by atoms with Gasteiger partial charge in [0.2, 0.25) is 0 Å². The lowest BCUT2D eigenvalue weighted by Gasteiger charge is -1.94. The van der Waals surface area contributed by atoms with Crippen LogP contribution in [0.3, 0.4) is 0 Å². The van der Waals surface area contributed by atoms with E-state index in [-0.39, 0.29) is 0 Å². The first-order chi connectivity index (χ1) is 5.74. The van der Waals surface area contributed by atoms with E-state index in [2.05, 4.69) is 11.7 Å². The number of nitrogens with two attached hydrogens (primary N) is 1. The lowest BCUT2D eigenvalue weighted by molar-refractivity contribution is 1.11. The average molecular weight is 168 g/mol. The summed E-state index contributed by atoms with van der Waals surface area (Å²) in [5.41, 5.74) is 7.35. The first-order valence-corrected chi connectivity index (χ1v) is 4.25. The fraction of sp³-hybridized carbons (Fsp3) is 0.500. The average Bonchev–Trinajstić information content (AvgIpc) is 2.16. The van der Waals surface area contributed by atoms with Gasteiger partial charge in [-0.3, -0.25) is 4.99 Å². The molecule has 0 saturated carbocycles. The van der Waals surface area contributed by atoms with Crippen molar-refractivity contribution in [2.24, 2.45) is 10.7 Å². The molecule has 2 heteroatoms. The number of aliphatic imine (C=N–C) groups is 1. The Bertz CT molecular complexity index is 167. The lowest BCUT2D eigenvalue weighted by Crippen LogP contribution is -2.00. The van der Waals surface area contributed by atoms with Gasteiger partial charge in [-0.1, -0.05) is 25.5 Å². The highest BCUT2D eigenvalue weighted by Crippen LogP contribution is 2.00. The molecule has 0 aliphatic rings. The number of rotatable bonds is 3. The normalized spacial score (nSPS) is 11.8. The van der Waals surface area contributed by atoms with Crippen molar-refractivity contribution in [2.45, 2.75) is 27.7 Å². The predicted octanol–water partition coefficient (Wildman–Crippen LogP) is 2.52. The number of hydrogen-bond donors (Lipinski definition) is 1. The molecule has 0 fully saturated rings. The van der Waals surface area contributed by atoms with Crippen LogP contribution in [-0.4, -0.2) is 13.3 Å². The van der Waals surface area contributed by atoms with Crippen LogP contribution in [0.25, 0.3) is 0 Å². The van der Waals surface area contributed by atoms with E-state index in [1.165, 1.54) is 0 Å². The van der Waals surface area contributed by atoms with Gasteiger partial charge in [0.25, 0.3) is 0 Å². The molecule has 0 aromatic heterocycles. The second-order valence-electron chi connectivity index (χ2n) is 2.03. The molecule has 0 atom stereocenters. The van der Waals surface area contributed by atoms with Crippen molar-refractivity contribution >= 4 is 6.72 Å². The summed E-state index contributed by atoms with van der Waals surface area (Å²) in [5, 5.41) is 0. The Morgan fingerprint density at radius 3 is 2.25 bits per heavy atom. The fourth-order valence-corrected chi connectivity index (χ4v) is 0.515. The number of allylic oxidation sites excluding steroid dienone is 3. The van der Waals surface area contributed by atoms with Crippen LogP contribution in [0.5, 0.6) is 0 Å². The molecule has 0 aliphatic heterocycles. The molecule has 0 rings (SSSR count). The van der Waals surface area contributed by atoms with Crippen molar-refractivity contribution in [3.63, 3.8) is 0 Å². The van der Waals surface area contributed by atoms with Crippen molar-refractivity contribution in [1.29, 1.82) is 0 Å². The zero-order valence-corrected chi connectivity index (χ0v) is 8.59. The SMILES string of the molecule is C=N/C(=C\C(C)=C/C)CN.CC. The Hall–Kier alpha value is -0.890. The van der Waals surface area contributed by atoms with E-state index in [0.29, 0.717) is 6.54 Å². The summed E-state index contributed by atoms with van der Waals surface area (Å²) in [7, 11) is 0. The molecule has 0 aromatic carbocycles. The van der Waals surface area contributed by atoms with E-state index in [1.807, 2.05) is 39.8 Å². The summed E-state index contributed by atoms with van der Waals surface area (Å²) >= 11 is 0. The van der Waals surface area contributed by atoms with Gasteiger partial charge >= 0.3 is 0 Å². The van der Waals surface area contributed by atoms with Gasteiger partial charge in [0.1, 0.15) is 0 Å². The van der Waals surface area contributed by atoms with Crippen LogP contribution >= 0.6 is 0 Å². The van der Waals surface area contributed by atoms with Gasteiger partial charge in [0.15, 0.2) is 0 Å². The molecule has 0 amide bonds. The quantitative estimate of drug-likeness (QED) is 0.510. The van der Waals surface area contributed by atoms with Crippen molar-refractivity contribution in [3.05, 3.63) is 23.4 Å². The maximum atomic E-state index is 5.36. The lowest BCUT2D eigenvalue weighted by atomic mass is 10.2. The minimum Gasteiger partial charge on any atom is -0.325 e. The second kappa shape index (κ2) is 10.1. The molecule has 2 nitrogen and oxygen atoms in total. The van der Waals surface area contributed by atoms with Crippen molar-refractivity contribution in [3.8, 4) is 0 Å². The summed E-state index contributed by atoms with van der Waals surface area (Å²) in [4.78, 5) is 3.74. The fourth-order valence-electron chi connectivity index (χ4n) is 0.515. The van der Waals surface area contributed by atoms with Gasteiger partial charge in [-0.2, -0.15) is 0 Å². The molecule has 0 aliphatic carbocycles. The smallest absolute Gasteiger partial charge is 0.0534 e. The van der Waals surface area contributed by atoms with Gasteiger partial charge in [0.05, 0.1) is 5.70 Å². The van der Waals surface area contributed by atoms with Gasteiger partial charge in [-0.05, 0) is 26.6 Å². The molecular weight excluding hydrogens is 148 g/mol. The van der Waals surface area contributed by atoms with Crippen LogP contribution in [0.2, 0.25) is 0 Å². The van der Waals surface area contributed by atoms with E-state index in [0.717, 1.165) is 11.3 Å². The Kier molecular flexibility index (Phi) is 11.5. The molecule has 0 aromatic rings.